The fourth-order valence-corrected chi connectivity index (χ4v) is 3.44. The lowest BCUT2D eigenvalue weighted by molar-refractivity contribution is -0.141. The van der Waals surface area contributed by atoms with E-state index in [2.05, 4.69) is 9.47 Å². The molecule has 156 valence electrons. The summed E-state index contributed by atoms with van der Waals surface area (Å²) in [5.74, 6) is -0.907. The standard InChI is InChI=1S/C22H32O6/c1-21(2,11-7-9-19(25)27-5)15-13-18(24)16(14-17(15)23)22(3,4)12-8-10-20(26)28-6/h13-14H,7-12H2,1-6H3. The third-order valence-corrected chi connectivity index (χ3v) is 5.36. The van der Waals surface area contributed by atoms with Crippen molar-refractivity contribution in [2.24, 2.45) is 10.8 Å². The SMILES string of the molecule is COC(=O)CCCC(C)(C)C1=CC(=O)C(C(C)(C)CCCC(=O)OC)=CC1=O. The Morgan fingerprint density at radius 3 is 1.36 bits per heavy atom. The number of esters is 2. The molecule has 0 N–H and O–H groups in total. The van der Waals surface area contributed by atoms with Crippen molar-refractivity contribution in [3.8, 4) is 0 Å². The second kappa shape index (κ2) is 9.80. The van der Waals surface area contributed by atoms with Crippen molar-refractivity contribution in [2.75, 3.05) is 14.2 Å². The number of allylic oxidation sites excluding steroid dienone is 4. The fourth-order valence-electron chi connectivity index (χ4n) is 3.44. The second-order valence-corrected chi connectivity index (χ2v) is 8.47. The van der Waals surface area contributed by atoms with Gasteiger partial charge in [0.05, 0.1) is 14.2 Å². The number of hydrogen-bond acceptors (Lipinski definition) is 6. The van der Waals surface area contributed by atoms with Crippen molar-refractivity contribution in [1.29, 1.82) is 0 Å². The quantitative estimate of drug-likeness (QED) is 0.416. The predicted molar refractivity (Wildman–Crippen MR) is 105 cm³/mol. The highest BCUT2D eigenvalue weighted by Gasteiger charge is 2.36. The molecule has 0 bridgehead atoms. The maximum atomic E-state index is 12.8. The van der Waals surface area contributed by atoms with Gasteiger partial charge in [-0.2, -0.15) is 0 Å². The summed E-state index contributed by atoms with van der Waals surface area (Å²) in [6.07, 6.45) is 5.79. The van der Waals surface area contributed by atoms with Gasteiger partial charge in [0, 0.05) is 24.0 Å². The van der Waals surface area contributed by atoms with Crippen molar-refractivity contribution in [3.63, 3.8) is 0 Å². The van der Waals surface area contributed by atoms with Crippen LogP contribution in [-0.2, 0) is 28.7 Å². The van der Waals surface area contributed by atoms with E-state index in [1.807, 2.05) is 27.7 Å². The van der Waals surface area contributed by atoms with Crippen molar-refractivity contribution >= 4 is 23.5 Å². The summed E-state index contributed by atoms with van der Waals surface area (Å²) in [5, 5.41) is 0. The van der Waals surface area contributed by atoms with Crippen LogP contribution in [0.15, 0.2) is 23.3 Å². The maximum absolute atomic E-state index is 12.8. The minimum Gasteiger partial charge on any atom is -0.469 e. The molecule has 6 heteroatoms. The molecule has 0 spiro atoms. The normalized spacial score (nSPS) is 15.1. The predicted octanol–water partition coefficient (Wildman–Crippen LogP) is 3.73. The Morgan fingerprint density at radius 2 is 1.07 bits per heavy atom. The average molecular weight is 392 g/mol. The molecule has 0 fully saturated rings. The molecule has 0 aliphatic heterocycles. The van der Waals surface area contributed by atoms with E-state index in [9.17, 15) is 19.2 Å². The van der Waals surface area contributed by atoms with Crippen LogP contribution in [0.2, 0.25) is 0 Å². The summed E-state index contributed by atoms with van der Waals surface area (Å²) in [4.78, 5) is 48.1. The summed E-state index contributed by atoms with van der Waals surface area (Å²) in [5.41, 5.74) is -0.0942. The molecule has 0 heterocycles. The number of carbonyl (C=O) groups is 4. The van der Waals surface area contributed by atoms with Crippen molar-refractivity contribution < 1.29 is 28.7 Å². The van der Waals surface area contributed by atoms with Gasteiger partial charge in [0.25, 0.3) is 0 Å². The second-order valence-electron chi connectivity index (χ2n) is 8.47. The molecular formula is C22H32O6. The Hall–Kier alpha value is -2.24. The highest BCUT2D eigenvalue weighted by atomic mass is 16.5. The summed E-state index contributed by atoms with van der Waals surface area (Å²) in [7, 11) is 2.69. The molecule has 0 saturated heterocycles. The van der Waals surface area contributed by atoms with E-state index in [1.165, 1.54) is 26.4 Å². The first-order valence-electron chi connectivity index (χ1n) is 9.61. The number of ketones is 2. The highest BCUT2D eigenvalue weighted by molar-refractivity contribution is 6.20. The minimum absolute atomic E-state index is 0.168. The number of carbonyl (C=O) groups excluding carboxylic acids is 4. The summed E-state index contributed by atoms with van der Waals surface area (Å²) < 4.78 is 9.28. The fraction of sp³-hybridized carbons (Fsp3) is 0.636. The number of rotatable bonds is 10. The molecule has 0 amide bonds. The van der Waals surface area contributed by atoms with Crippen LogP contribution in [0.1, 0.15) is 66.2 Å². The molecule has 0 saturated carbocycles. The molecule has 1 aliphatic carbocycles. The average Bonchev–Trinajstić information content (AvgIpc) is 2.62. The van der Waals surface area contributed by atoms with Crippen LogP contribution in [0.5, 0.6) is 0 Å². The molecule has 1 aliphatic rings. The van der Waals surface area contributed by atoms with Gasteiger partial charge in [-0.25, -0.2) is 0 Å². The van der Waals surface area contributed by atoms with Crippen LogP contribution in [-0.4, -0.2) is 37.7 Å². The van der Waals surface area contributed by atoms with Gasteiger partial charge in [0.1, 0.15) is 0 Å². The third-order valence-electron chi connectivity index (χ3n) is 5.36. The zero-order valence-corrected chi connectivity index (χ0v) is 17.8. The van der Waals surface area contributed by atoms with Crippen LogP contribution >= 0.6 is 0 Å². The number of methoxy groups -OCH3 is 2. The summed E-state index contributed by atoms with van der Waals surface area (Å²) in [6.45, 7) is 7.62. The number of ether oxygens (including phenoxy) is 2. The van der Waals surface area contributed by atoms with Crippen LogP contribution in [0.25, 0.3) is 0 Å². The molecule has 0 aromatic rings. The van der Waals surface area contributed by atoms with E-state index in [-0.39, 0.29) is 36.3 Å². The molecule has 0 aromatic heterocycles. The van der Waals surface area contributed by atoms with Gasteiger partial charge in [-0.1, -0.05) is 27.7 Å². The van der Waals surface area contributed by atoms with Crippen LogP contribution in [0.3, 0.4) is 0 Å². The molecule has 6 nitrogen and oxygen atoms in total. The van der Waals surface area contributed by atoms with Gasteiger partial charge in [-0.05, 0) is 48.7 Å². The Balaban J connectivity index is 2.83. The first kappa shape index (κ1) is 23.8. The van der Waals surface area contributed by atoms with E-state index in [1.54, 1.807) is 0 Å². The van der Waals surface area contributed by atoms with Gasteiger partial charge in [-0.3, -0.25) is 19.2 Å². The van der Waals surface area contributed by atoms with Crippen LogP contribution in [0.4, 0.5) is 0 Å². The zero-order chi connectivity index (χ0) is 21.5. The largest absolute Gasteiger partial charge is 0.469 e. The Morgan fingerprint density at radius 1 is 0.750 bits per heavy atom. The Kier molecular flexibility index (Phi) is 8.33. The molecule has 0 aromatic carbocycles. The zero-order valence-electron chi connectivity index (χ0n) is 17.8. The van der Waals surface area contributed by atoms with Crippen LogP contribution < -0.4 is 0 Å². The van der Waals surface area contributed by atoms with Gasteiger partial charge in [-0.15, -0.1) is 0 Å². The smallest absolute Gasteiger partial charge is 0.305 e. The topological polar surface area (TPSA) is 86.7 Å². The molecule has 0 radical (unpaired) electrons. The van der Waals surface area contributed by atoms with Crippen LogP contribution in [0, 0.1) is 10.8 Å². The lowest BCUT2D eigenvalue weighted by Gasteiger charge is -2.32. The van der Waals surface area contributed by atoms with Gasteiger partial charge < -0.3 is 9.47 Å². The maximum Gasteiger partial charge on any atom is 0.305 e. The monoisotopic (exact) mass is 392 g/mol. The lowest BCUT2D eigenvalue weighted by atomic mass is 9.70. The first-order chi connectivity index (χ1) is 12.9. The van der Waals surface area contributed by atoms with Crippen molar-refractivity contribution in [1.82, 2.24) is 0 Å². The van der Waals surface area contributed by atoms with E-state index >= 15 is 0 Å². The third kappa shape index (κ3) is 6.43. The Bertz CT molecular complexity index is 634. The Labute approximate surface area is 167 Å². The lowest BCUT2D eigenvalue weighted by Crippen LogP contribution is -2.30. The minimum atomic E-state index is -0.516. The van der Waals surface area contributed by atoms with E-state index in [0.717, 1.165) is 0 Å². The van der Waals surface area contributed by atoms with Gasteiger partial charge >= 0.3 is 11.9 Å². The highest BCUT2D eigenvalue weighted by Crippen LogP contribution is 2.40. The van der Waals surface area contributed by atoms with Gasteiger partial charge in [0.2, 0.25) is 0 Å². The molecule has 28 heavy (non-hydrogen) atoms. The summed E-state index contributed by atoms with van der Waals surface area (Å²) in [6, 6.07) is 0. The molecule has 1 rings (SSSR count). The van der Waals surface area contributed by atoms with Gasteiger partial charge in [0.15, 0.2) is 11.6 Å². The van der Waals surface area contributed by atoms with Crippen molar-refractivity contribution in [3.05, 3.63) is 23.3 Å². The molecule has 0 unspecified atom stereocenters. The molecular weight excluding hydrogens is 360 g/mol. The van der Waals surface area contributed by atoms with E-state index < -0.39 is 10.8 Å². The van der Waals surface area contributed by atoms with E-state index in [0.29, 0.717) is 36.8 Å². The number of hydrogen-bond donors (Lipinski definition) is 0. The first-order valence-corrected chi connectivity index (χ1v) is 9.61. The van der Waals surface area contributed by atoms with E-state index in [4.69, 9.17) is 0 Å². The van der Waals surface area contributed by atoms with Crippen molar-refractivity contribution in [2.45, 2.75) is 66.2 Å². The summed E-state index contributed by atoms with van der Waals surface area (Å²) >= 11 is 0. The molecule has 0 atom stereocenters.